The number of rotatable bonds is 8. The second-order valence-electron chi connectivity index (χ2n) is 18.2. The fourth-order valence-electron chi connectivity index (χ4n) is 11.2. The van der Waals surface area contributed by atoms with Crippen LogP contribution in [0.15, 0.2) is 261 Å². The molecule has 14 rings (SSSR count). The number of fused-ring (bicyclic) bond motifs is 8. The first-order valence-electron chi connectivity index (χ1n) is 24.2. The molecule has 0 radical (unpaired) electrons. The Morgan fingerprint density at radius 2 is 0.634 bits per heavy atom. The fourth-order valence-corrected chi connectivity index (χ4v) is 13.6. The topological polar surface area (TPSA) is 3.24 Å². The van der Waals surface area contributed by atoms with E-state index < -0.39 is 0 Å². The summed E-state index contributed by atoms with van der Waals surface area (Å²) >= 11 is 3.76. The number of hydrogen-bond donors (Lipinski definition) is 0. The lowest BCUT2D eigenvalue weighted by atomic mass is 9.78. The Morgan fingerprint density at radius 3 is 1.14 bits per heavy atom. The van der Waals surface area contributed by atoms with Crippen molar-refractivity contribution >= 4 is 102 Å². The van der Waals surface area contributed by atoms with E-state index in [9.17, 15) is 0 Å². The van der Waals surface area contributed by atoms with E-state index in [-0.39, 0.29) is 0 Å². The summed E-state index contributed by atoms with van der Waals surface area (Å²) in [5, 5.41) is 9.98. The maximum absolute atomic E-state index is 2.55. The van der Waals surface area contributed by atoms with Crippen LogP contribution in [-0.2, 0) is 0 Å². The molecule has 0 bridgehead atoms. The Hall–Kier alpha value is -8.60. The van der Waals surface area contributed by atoms with Crippen LogP contribution in [0.1, 0.15) is 0 Å². The largest absolute Gasteiger partial charge is 0.307 e. The molecule has 1 nitrogen and oxygen atoms in total. The summed E-state index contributed by atoms with van der Waals surface area (Å²) in [7, 11) is 0. The lowest BCUT2D eigenvalue weighted by Crippen LogP contribution is -2.11. The maximum Gasteiger partial charge on any atom is 0.0641 e. The van der Waals surface area contributed by atoms with Gasteiger partial charge in [0, 0.05) is 36.3 Å². The SMILES string of the molecule is c1ccc(-c2c(-c3ccccc3)c(-c3ccccc3)c3cc(-c4ccc(N(c5cccc6c5sc5ccccc56)c5cccc6c5sc5ccccc56)c5ccccc45)ccc3c2-c2ccccc2)cc1. The average Bonchev–Trinajstić information content (AvgIpc) is 4.03. The number of anilines is 3. The summed E-state index contributed by atoms with van der Waals surface area (Å²) in [5.74, 6) is 0. The molecule has 332 valence electrons. The van der Waals surface area contributed by atoms with Gasteiger partial charge in [-0.1, -0.05) is 224 Å². The molecule has 2 aromatic heterocycles. The first-order valence-corrected chi connectivity index (χ1v) is 25.9. The predicted molar refractivity (Wildman–Crippen MR) is 309 cm³/mol. The maximum atomic E-state index is 2.55. The third-order valence-corrected chi connectivity index (χ3v) is 16.7. The van der Waals surface area contributed by atoms with E-state index in [1.807, 2.05) is 22.7 Å². The molecule has 14 aromatic rings. The van der Waals surface area contributed by atoms with E-state index in [4.69, 9.17) is 0 Å². The number of nitrogens with zero attached hydrogens (tertiary/aromatic N) is 1. The monoisotopic (exact) mass is 937 g/mol. The average molecular weight is 938 g/mol. The molecule has 0 unspecified atom stereocenters. The number of thiophene rings is 2. The highest BCUT2D eigenvalue weighted by Gasteiger charge is 2.27. The first-order chi connectivity index (χ1) is 35.3. The Labute approximate surface area is 420 Å². The Bertz CT molecular complexity index is 4210. The van der Waals surface area contributed by atoms with Gasteiger partial charge in [0.15, 0.2) is 0 Å². The zero-order valence-electron chi connectivity index (χ0n) is 38.6. The van der Waals surface area contributed by atoms with Crippen molar-refractivity contribution in [1.29, 1.82) is 0 Å². The molecule has 71 heavy (non-hydrogen) atoms. The third kappa shape index (κ3) is 6.81. The molecule has 2 heterocycles. The minimum absolute atomic E-state index is 1.15. The van der Waals surface area contributed by atoms with Gasteiger partial charge in [-0.3, -0.25) is 0 Å². The number of hydrogen-bond acceptors (Lipinski definition) is 3. The van der Waals surface area contributed by atoms with E-state index >= 15 is 0 Å². The Balaban J connectivity index is 1.06. The molecule has 0 fully saturated rings. The molecular formula is C68H43NS2. The second-order valence-corrected chi connectivity index (χ2v) is 20.3. The van der Waals surface area contributed by atoms with Crippen LogP contribution in [0.4, 0.5) is 17.1 Å². The minimum atomic E-state index is 1.15. The van der Waals surface area contributed by atoms with Crippen LogP contribution in [0.5, 0.6) is 0 Å². The summed E-state index contributed by atoms with van der Waals surface area (Å²) in [5.41, 5.74) is 15.6. The third-order valence-electron chi connectivity index (χ3n) is 14.3. The van der Waals surface area contributed by atoms with Crippen molar-refractivity contribution in [2.24, 2.45) is 0 Å². The molecule has 0 saturated heterocycles. The van der Waals surface area contributed by atoms with Crippen molar-refractivity contribution in [3.05, 3.63) is 261 Å². The lowest BCUT2D eigenvalue weighted by molar-refractivity contribution is 1.34. The van der Waals surface area contributed by atoms with E-state index in [2.05, 4.69) is 266 Å². The van der Waals surface area contributed by atoms with Crippen LogP contribution >= 0.6 is 22.7 Å². The second kappa shape index (κ2) is 17.1. The minimum Gasteiger partial charge on any atom is -0.307 e. The van der Waals surface area contributed by atoms with Gasteiger partial charge in [-0.25, -0.2) is 0 Å². The molecule has 3 heteroatoms. The van der Waals surface area contributed by atoms with Crippen molar-refractivity contribution < 1.29 is 0 Å². The summed E-state index contributed by atoms with van der Waals surface area (Å²) in [6, 6.07) is 96.3. The summed E-state index contributed by atoms with van der Waals surface area (Å²) in [6.07, 6.45) is 0. The molecule has 0 amide bonds. The van der Waals surface area contributed by atoms with Crippen LogP contribution in [-0.4, -0.2) is 0 Å². The summed E-state index contributed by atoms with van der Waals surface area (Å²) in [4.78, 5) is 2.55. The standard InChI is InChI=1S/C68H43NS2/c1-5-21-44(22-6-1)63-54-40-39-48(43-57(54)64(45-23-7-2-8-24-45)66(47-27-11-4-12-28-47)65(63)46-25-9-3-10-26-46)49-41-42-58(51-30-14-13-29-50(49)51)69(59-35-19-33-55-52-31-15-17-37-61(52)70-67(55)59)60-36-20-34-56-53-32-16-18-38-62(53)71-68(56)60/h1-43H. The van der Waals surface area contributed by atoms with E-state index in [1.165, 1.54) is 129 Å². The Morgan fingerprint density at radius 1 is 0.225 bits per heavy atom. The van der Waals surface area contributed by atoms with Crippen molar-refractivity contribution in [3.8, 4) is 55.6 Å². The van der Waals surface area contributed by atoms with Crippen molar-refractivity contribution in [3.63, 3.8) is 0 Å². The molecule has 0 spiro atoms. The molecule has 12 aromatic carbocycles. The van der Waals surface area contributed by atoms with Gasteiger partial charge in [0.25, 0.3) is 0 Å². The van der Waals surface area contributed by atoms with Gasteiger partial charge in [-0.15, -0.1) is 22.7 Å². The molecule has 0 N–H and O–H groups in total. The quantitative estimate of drug-likeness (QED) is 0.147. The lowest BCUT2D eigenvalue weighted by Gasteiger charge is -2.28. The van der Waals surface area contributed by atoms with Gasteiger partial charge in [-0.05, 0) is 108 Å². The van der Waals surface area contributed by atoms with Crippen molar-refractivity contribution in [2.75, 3.05) is 4.90 Å². The highest BCUT2D eigenvalue weighted by Crippen LogP contribution is 2.54. The van der Waals surface area contributed by atoms with Gasteiger partial charge in [0.05, 0.1) is 26.5 Å². The zero-order valence-corrected chi connectivity index (χ0v) is 40.2. The molecule has 0 aliphatic carbocycles. The van der Waals surface area contributed by atoms with Crippen LogP contribution in [0.2, 0.25) is 0 Å². The first kappa shape index (κ1) is 41.4. The molecular weight excluding hydrogens is 895 g/mol. The predicted octanol–water partition coefficient (Wildman–Crippen LogP) is 20.5. The van der Waals surface area contributed by atoms with Gasteiger partial charge >= 0.3 is 0 Å². The Kier molecular flexibility index (Phi) is 9.97. The highest BCUT2D eigenvalue weighted by molar-refractivity contribution is 7.27. The zero-order chi connectivity index (χ0) is 46.8. The van der Waals surface area contributed by atoms with Gasteiger partial charge in [-0.2, -0.15) is 0 Å². The number of benzene rings is 12. The van der Waals surface area contributed by atoms with Gasteiger partial charge in [0.2, 0.25) is 0 Å². The van der Waals surface area contributed by atoms with Gasteiger partial charge < -0.3 is 4.90 Å². The molecule has 0 aliphatic rings. The van der Waals surface area contributed by atoms with Gasteiger partial charge in [0.1, 0.15) is 0 Å². The molecule has 0 aliphatic heterocycles. The summed E-state index contributed by atoms with van der Waals surface area (Å²) in [6.45, 7) is 0. The molecule has 0 atom stereocenters. The highest BCUT2D eigenvalue weighted by atomic mass is 32.1. The fraction of sp³-hybridized carbons (Fsp3) is 0. The van der Waals surface area contributed by atoms with E-state index in [0.29, 0.717) is 0 Å². The van der Waals surface area contributed by atoms with Crippen LogP contribution in [0, 0.1) is 0 Å². The van der Waals surface area contributed by atoms with Crippen molar-refractivity contribution in [1.82, 2.24) is 0 Å². The van der Waals surface area contributed by atoms with E-state index in [1.54, 1.807) is 0 Å². The van der Waals surface area contributed by atoms with Crippen molar-refractivity contribution in [2.45, 2.75) is 0 Å². The molecule has 0 saturated carbocycles. The van der Waals surface area contributed by atoms with Crippen LogP contribution in [0.3, 0.4) is 0 Å². The summed E-state index contributed by atoms with van der Waals surface area (Å²) < 4.78 is 5.15. The van der Waals surface area contributed by atoms with Crippen LogP contribution in [0.25, 0.3) is 118 Å². The smallest absolute Gasteiger partial charge is 0.0641 e. The van der Waals surface area contributed by atoms with Crippen LogP contribution < -0.4 is 4.90 Å². The normalized spacial score (nSPS) is 11.7. The van der Waals surface area contributed by atoms with E-state index in [0.717, 1.165) is 5.69 Å².